The maximum atomic E-state index is 3.53. The highest BCUT2D eigenvalue weighted by Gasteiger charge is 2.22. The monoisotopic (exact) mass is 239 g/mol. The van der Waals surface area contributed by atoms with E-state index in [2.05, 4.69) is 22.6 Å². The SMILES string of the molecule is CNCCC1CCN(CC2CCCNC2)CC1. The molecule has 2 rings (SSSR count). The first kappa shape index (κ1) is 13.3. The van der Waals surface area contributed by atoms with Gasteiger partial charge in [0, 0.05) is 6.54 Å². The highest BCUT2D eigenvalue weighted by molar-refractivity contribution is 4.77. The van der Waals surface area contributed by atoms with Crippen molar-refractivity contribution in [1.82, 2.24) is 15.5 Å². The van der Waals surface area contributed by atoms with Crippen molar-refractivity contribution in [2.45, 2.75) is 32.1 Å². The lowest BCUT2D eigenvalue weighted by Crippen LogP contribution is -2.42. The lowest BCUT2D eigenvalue weighted by molar-refractivity contribution is 0.146. The molecule has 3 nitrogen and oxygen atoms in total. The molecule has 0 aromatic heterocycles. The summed E-state index contributed by atoms with van der Waals surface area (Å²) in [6, 6.07) is 0. The largest absolute Gasteiger partial charge is 0.320 e. The van der Waals surface area contributed by atoms with Gasteiger partial charge in [0.15, 0.2) is 0 Å². The normalized spacial score (nSPS) is 28.4. The van der Waals surface area contributed by atoms with Crippen LogP contribution in [0.4, 0.5) is 0 Å². The summed E-state index contributed by atoms with van der Waals surface area (Å²) in [5.74, 6) is 1.89. The van der Waals surface area contributed by atoms with Crippen molar-refractivity contribution in [3.63, 3.8) is 0 Å². The van der Waals surface area contributed by atoms with Crippen LogP contribution in [0.15, 0.2) is 0 Å². The minimum absolute atomic E-state index is 0.914. The Labute approximate surface area is 106 Å². The van der Waals surface area contributed by atoms with Gasteiger partial charge in [0.1, 0.15) is 0 Å². The first-order valence-electron chi connectivity index (χ1n) is 7.46. The van der Waals surface area contributed by atoms with Crippen molar-refractivity contribution in [3.8, 4) is 0 Å². The Morgan fingerprint density at radius 3 is 2.65 bits per heavy atom. The molecule has 2 fully saturated rings. The van der Waals surface area contributed by atoms with Gasteiger partial charge in [-0.15, -0.1) is 0 Å². The summed E-state index contributed by atoms with van der Waals surface area (Å²) < 4.78 is 0. The smallest absolute Gasteiger partial charge is 0.00218 e. The molecule has 0 aliphatic carbocycles. The lowest BCUT2D eigenvalue weighted by atomic mass is 9.92. The summed E-state index contributed by atoms with van der Waals surface area (Å²) in [5.41, 5.74) is 0. The lowest BCUT2D eigenvalue weighted by Gasteiger charge is -2.35. The van der Waals surface area contributed by atoms with Crippen LogP contribution in [0.25, 0.3) is 0 Å². The summed E-state index contributed by atoms with van der Waals surface area (Å²) in [6.45, 7) is 7.70. The highest BCUT2D eigenvalue weighted by atomic mass is 15.1. The van der Waals surface area contributed by atoms with Gasteiger partial charge in [-0.05, 0) is 83.7 Å². The van der Waals surface area contributed by atoms with Gasteiger partial charge in [-0.1, -0.05) is 0 Å². The molecule has 2 aliphatic rings. The van der Waals surface area contributed by atoms with Crippen LogP contribution in [0.1, 0.15) is 32.1 Å². The van der Waals surface area contributed by atoms with Gasteiger partial charge in [0.2, 0.25) is 0 Å². The van der Waals surface area contributed by atoms with E-state index in [1.165, 1.54) is 71.4 Å². The molecule has 0 aromatic rings. The van der Waals surface area contributed by atoms with Crippen LogP contribution in [-0.2, 0) is 0 Å². The Kier molecular flexibility index (Phi) is 5.75. The third-order valence-corrected chi connectivity index (χ3v) is 4.43. The average Bonchev–Trinajstić information content (AvgIpc) is 2.39. The first-order valence-corrected chi connectivity index (χ1v) is 7.46. The Bertz CT molecular complexity index is 194. The van der Waals surface area contributed by atoms with E-state index in [0.29, 0.717) is 0 Å². The zero-order chi connectivity index (χ0) is 11.9. The van der Waals surface area contributed by atoms with Crippen LogP contribution in [0.3, 0.4) is 0 Å². The van der Waals surface area contributed by atoms with E-state index in [0.717, 1.165) is 11.8 Å². The van der Waals surface area contributed by atoms with Crippen molar-refractivity contribution in [2.75, 3.05) is 46.3 Å². The molecule has 0 aromatic carbocycles. The molecule has 2 saturated heterocycles. The van der Waals surface area contributed by atoms with Crippen LogP contribution in [-0.4, -0.2) is 51.2 Å². The van der Waals surface area contributed by atoms with E-state index >= 15 is 0 Å². The summed E-state index contributed by atoms with van der Waals surface area (Å²) in [5, 5.41) is 6.80. The fraction of sp³-hybridized carbons (Fsp3) is 1.00. The van der Waals surface area contributed by atoms with Crippen LogP contribution in [0, 0.1) is 11.8 Å². The van der Waals surface area contributed by atoms with Gasteiger partial charge in [-0.3, -0.25) is 0 Å². The predicted molar refractivity (Wildman–Crippen MR) is 73.3 cm³/mol. The molecule has 100 valence electrons. The number of nitrogens with one attached hydrogen (secondary N) is 2. The van der Waals surface area contributed by atoms with E-state index in [1.807, 2.05) is 0 Å². The van der Waals surface area contributed by atoms with Crippen molar-refractivity contribution in [3.05, 3.63) is 0 Å². The van der Waals surface area contributed by atoms with E-state index < -0.39 is 0 Å². The topological polar surface area (TPSA) is 27.3 Å². The molecule has 2 heterocycles. The molecule has 0 bridgehead atoms. The Morgan fingerprint density at radius 2 is 2.00 bits per heavy atom. The van der Waals surface area contributed by atoms with Gasteiger partial charge < -0.3 is 15.5 Å². The third-order valence-electron chi connectivity index (χ3n) is 4.43. The molecule has 3 heteroatoms. The van der Waals surface area contributed by atoms with E-state index in [4.69, 9.17) is 0 Å². The van der Waals surface area contributed by atoms with Crippen LogP contribution >= 0.6 is 0 Å². The average molecular weight is 239 g/mol. The molecule has 17 heavy (non-hydrogen) atoms. The maximum Gasteiger partial charge on any atom is 0.00218 e. The van der Waals surface area contributed by atoms with Crippen molar-refractivity contribution in [2.24, 2.45) is 11.8 Å². The van der Waals surface area contributed by atoms with Gasteiger partial charge in [0.05, 0.1) is 0 Å². The second kappa shape index (κ2) is 7.34. The summed E-state index contributed by atoms with van der Waals surface area (Å²) in [4.78, 5) is 2.70. The third kappa shape index (κ3) is 4.57. The second-order valence-electron chi connectivity index (χ2n) is 5.85. The fourth-order valence-electron chi connectivity index (χ4n) is 3.25. The van der Waals surface area contributed by atoms with Crippen LogP contribution in [0.2, 0.25) is 0 Å². The summed E-state index contributed by atoms with van der Waals surface area (Å²) >= 11 is 0. The number of rotatable bonds is 5. The predicted octanol–water partition coefficient (Wildman–Crippen LogP) is 1.31. The number of nitrogens with zero attached hydrogens (tertiary/aromatic N) is 1. The molecular formula is C14H29N3. The zero-order valence-corrected chi connectivity index (χ0v) is 11.4. The second-order valence-corrected chi connectivity index (χ2v) is 5.85. The van der Waals surface area contributed by atoms with Gasteiger partial charge >= 0.3 is 0 Å². The Balaban J connectivity index is 1.61. The molecule has 2 aliphatic heterocycles. The standard InChI is InChI=1S/C14H29N3/c1-15-8-4-13-5-9-17(10-6-13)12-14-3-2-7-16-11-14/h13-16H,2-12H2,1H3. The van der Waals surface area contributed by atoms with Gasteiger partial charge in [-0.25, -0.2) is 0 Å². The number of piperidine rings is 2. The van der Waals surface area contributed by atoms with Gasteiger partial charge in [0.25, 0.3) is 0 Å². The van der Waals surface area contributed by atoms with Crippen LogP contribution < -0.4 is 10.6 Å². The van der Waals surface area contributed by atoms with E-state index in [1.54, 1.807) is 0 Å². The summed E-state index contributed by atoms with van der Waals surface area (Å²) in [6.07, 6.45) is 7.02. The maximum absolute atomic E-state index is 3.53. The Hall–Kier alpha value is -0.120. The van der Waals surface area contributed by atoms with Crippen molar-refractivity contribution >= 4 is 0 Å². The molecule has 1 unspecified atom stereocenters. The molecule has 2 N–H and O–H groups in total. The Morgan fingerprint density at radius 1 is 1.18 bits per heavy atom. The first-order chi connectivity index (χ1) is 8.38. The number of hydrogen-bond acceptors (Lipinski definition) is 3. The van der Waals surface area contributed by atoms with Crippen molar-refractivity contribution < 1.29 is 0 Å². The van der Waals surface area contributed by atoms with E-state index in [-0.39, 0.29) is 0 Å². The van der Waals surface area contributed by atoms with Crippen molar-refractivity contribution in [1.29, 1.82) is 0 Å². The van der Waals surface area contributed by atoms with Gasteiger partial charge in [-0.2, -0.15) is 0 Å². The summed E-state index contributed by atoms with van der Waals surface area (Å²) in [7, 11) is 2.06. The fourth-order valence-corrected chi connectivity index (χ4v) is 3.25. The molecule has 0 amide bonds. The molecule has 0 spiro atoms. The molecule has 0 radical (unpaired) electrons. The number of likely N-dealkylation sites (tertiary alicyclic amines) is 1. The molecule has 1 atom stereocenters. The number of hydrogen-bond donors (Lipinski definition) is 2. The molecule has 0 saturated carbocycles. The highest BCUT2D eigenvalue weighted by Crippen LogP contribution is 2.21. The van der Waals surface area contributed by atoms with E-state index in [9.17, 15) is 0 Å². The van der Waals surface area contributed by atoms with Crippen LogP contribution in [0.5, 0.6) is 0 Å². The minimum Gasteiger partial charge on any atom is -0.320 e. The zero-order valence-electron chi connectivity index (χ0n) is 11.4. The minimum atomic E-state index is 0.914. The quantitative estimate of drug-likeness (QED) is 0.757. The molecular weight excluding hydrogens is 210 g/mol.